The van der Waals surface area contributed by atoms with Gasteiger partial charge in [-0.1, -0.05) is 44.0 Å². The van der Waals surface area contributed by atoms with E-state index >= 15 is 0 Å². The monoisotopic (exact) mass is 276 g/mol. The molecule has 0 amide bonds. The third kappa shape index (κ3) is 3.63. The Morgan fingerprint density at radius 1 is 1.24 bits per heavy atom. The Bertz CT molecular complexity index is 401. The van der Waals surface area contributed by atoms with Crippen molar-refractivity contribution >= 4 is 34.8 Å². The van der Waals surface area contributed by atoms with E-state index in [0.717, 1.165) is 0 Å². The van der Waals surface area contributed by atoms with Crippen LogP contribution >= 0.6 is 23.2 Å². The number of hydrogen-bond donors (Lipinski definition) is 3. The molecule has 4 nitrogen and oxygen atoms in total. The number of pyridine rings is 1. The maximum atomic E-state index is 6.07. The van der Waals surface area contributed by atoms with E-state index in [0.29, 0.717) is 21.7 Å². The van der Waals surface area contributed by atoms with Crippen molar-refractivity contribution in [2.24, 2.45) is 11.3 Å². The van der Waals surface area contributed by atoms with E-state index in [-0.39, 0.29) is 11.5 Å². The number of nitrogens with two attached hydrogens (primary N) is 1. The molecule has 1 aromatic rings. The minimum absolute atomic E-state index is 0.0982. The van der Waals surface area contributed by atoms with Crippen molar-refractivity contribution in [3.63, 3.8) is 0 Å². The van der Waals surface area contributed by atoms with Crippen LogP contribution in [0.4, 0.5) is 11.6 Å². The van der Waals surface area contributed by atoms with E-state index in [1.165, 1.54) is 0 Å². The second-order valence-corrected chi connectivity index (χ2v) is 5.84. The number of aromatic nitrogens is 1. The molecule has 96 valence electrons. The van der Waals surface area contributed by atoms with Crippen LogP contribution in [0.2, 0.25) is 10.0 Å². The van der Waals surface area contributed by atoms with Gasteiger partial charge in [0.2, 0.25) is 0 Å². The number of hydrogen-bond acceptors (Lipinski definition) is 4. The molecule has 1 unspecified atom stereocenters. The lowest BCUT2D eigenvalue weighted by molar-refractivity contribution is 0.359. The van der Waals surface area contributed by atoms with Crippen molar-refractivity contribution in [2.45, 2.75) is 33.7 Å². The van der Waals surface area contributed by atoms with E-state index < -0.39 is 0 Å². The molecule has 0 aliphatic carbocycles. The summed E-state index contributed by atoms with van der Waals surface area (Å²) in [5.41, 5.74) is 2.53. The number of nitrogens with zero attached hydrogens (tertiary/aromatic N) is 1. The van der Waals surface area contributed by atoms with Crippen LogP contribution < -0.4 is 16.6 Å². The van der Waals surface area contributed by atoms with E-state index in [1.54, 1.807) is 6.07 Å². The molecule has 0 aromatic carbocycles. The Labute approximate surface area is 112 Å². The average Bonchev–Trinajstić information content (AvgIpc) is 2.20. The highest BCUT2D eigenvalue weighted by atomic mass is 35.5. The molecule has 6 heteroatoms. The summed E-state index contributed by atoms with van der Waals surface area (Å²) in [5.74, 6) is 6.30. The molecule has 0 radical (unpaired) electrons. The summed E-state index contributed by atoms with van der Waals surface area (Å²) in [5, 5.41) is 4.13. The summed E-state index contributed by atoms with van der Waals surface area (Å²) >= 11 is 12.0. The predicted molar refractivity (Wildman–Crippen MR) is 74.6 cm³/mol. The van der Waals surface area contributed by atoms with Crippen LogP contribution in [0.25, 0.3) is 0 Å². The fourth-order valence-electron chi connectivity index (χ4n) is 1.09. The molecule has 0 saturated heterocycles. The maximum Gasteiger partial charge on any atom is 0.161 e. The van der Waals surface area contributed by atoms with Gasteiger partial charge in [0.15, 0.2) is 5.82 Å². The molecular formula is C11H18Cl2N4. The molecule has 1 atom stereocenters. The standard InChI is InChI=1S/C11H18Cl2N4/c1-6(11(2,3)4)15-9-7(12)5-8(13)10(16-9)17-14/h5-6H,14H2,1-4H3,(H2,15,16,17). The van der Waals surface area contributed by atoms with E-state index in [9.17, 15) is 0 Å². The lowest BCUT2D eigenvalue weighted by atomic mass is 9.88. The zero-order valence-corrected chi connectivity index (χ0v) is 11.9. The largest absolute Gasteiger partial charge is 0.366 e. The molecule has 0 aliphatic heterocycles. The van der Waals surface area contributed by atoms with Crippen LogP contribution in [-0.4, -0.2) is 11.0 Å². The second-order valence-electron chi connectivity index (χ2n) is 5.03. The molecule has 0 bridgehead atoms. The van der Waals surface area contributed by atoms with Crippen LogP contribution in [0.1, 0.15) is 27.7 Å². The van der Waals surface area contributed by atoms with Crippen LogP contribution in [0, 0.1) is 5.41 Å². The van der Waals surface area contributed by atoms with Gasteiger partial charge in [-0.05, 0) is 18.4 Å². The van der Waals surface area contributed by atoms with Gasteiger partial charge < -0.3 is 10.7 Å². The van der Waals surface area contributed by atoms with Gasteiger partial charge in [-0.2, -0.15) is 0 Å². The fourth-order valence-corrected chi connectivity index (χ4v) is 1.56. The Balaban J connectivity index is 2.99. The third-order valence-corrected chi connectivity index (χ3v) is 3.29. The zero-order valence-electron chi connectivity index (χ0n) is 10.4. The first-order valence-corrected chi connectivity index (χ1v) is 6.10. The summed E-state index contributed by atoms with van der Waals surface area (Å²) in [6.45, 7) is 8.48. The normalized spacial score (nSPS) is 13.4. The lowest BCUT2D eigenvalue weighted by Gasteiger charge is -2.29. The van der Waals surface area contributed by atoms with E-state index in [2.05, 4.69) is 43.4 Å². The molecule has 17 heavy (non-hydrogen) atoms. The SMILES string of the molecule is CC(Nc1nc(NN)c(Cl)cc1Cl)C(C)(C)C. The molecule has 4 N–H and O–H groups in total. The van der Waals surface area contributed by atoms with Crippen molar-refractivity contribution in [1.29, 1.82) is 0 Å². The fraction of sp³-hybridized carbons (Fsp3) is 0.545. The van der Waals surface area contributed by atoms with Crippen LogP contribution in [0.5, 0.6) is 0 Å². The number of halogens is 2. The third-order valence-electron chi connectivity index (χ3n) is 2.72. The van der Waals surface area contributed by atoms with Crippen molar-refractivity contribution in [2.75, 3.05) is 10.7 Å². The first-order chi connectivity index (χ1) is 7.75. The van der Waals surface area contributed by atoms with Crippen molar-refractivity contribution in [3.05, 3.63) is 16.1 Å². The Hall–Kier alpha value is -0.710. The van der Waals surface area contributed by atoms with Gasteiger partial charge in [0, 0.05) is 6.04 Å². The summed E-state index contributed by atoms with van der Waals surface area (Å²) in [6, 6.07) is 1.82. The first kappa shape index (κ1) is 14.4. The maximum absolute atomic E-state index is 6.07. The Kier molecular flexibility index (Phi) is 4.47. The number of hydrazine groups is 1. The van der Waals surface area contributed by atoms with E-state index in [4.69, 9.17) is 29.0 Å². The molecule has 0 aliphatic rings. The number of anilines is 2. The van der Waals surface area contributed by atoms with Gasteiger partial charge in [0.25, 0.3) is 0 Å². The lowest BCUT2D eigenvalue weighted by Crippen LogP contribution is -2.31. The molecular weight excluding hydrogens is 259 g/mol. The number of rotatable bonds is 3. The predicted octanol–water partition coefficient (Wildman–Crippen LogP) is 3.52. The average molecular weight is 277 g/mol. The molecule has 1 heterocycles. The zero-order chi connectivity index (χ0) is 13.2. The summed E-state index contributed by atoms with van der Waals surface area (Å²) in [6.07, 6.45) is 0. The van der Waals surface area contributed by atoms with Crippen LogP contribution in [0.3, 0.4) is 0 Å². The molecule has 1 aromatic heterocycles. The smallest absolute Gasteiger partial charge is 0.161 e. The first-order valence-electron chi connectivity index (χ1n) is 5.35. The minimum Gasteiger partial charge on any atom is -0.366 e. The van der Waals surface area contributed by atoms with E-state index in [1.807, 2.05) is 0 Å². The minimum atomic E-state index is 0.0982. The Morgan fingerprint density at radius 2 is 1.76 bits per heavy atom. The van der Waals surface area contributed by atoms with Crippen LogP contribution in [0.15, 0.2) is 6.07 Å². The highest BCUT2D eigenvalue weighted by molar-refractivity contribution is 6.37. The molecule has 0 spiro atoms. The van der Waals surface area contributed by atoms with Gasteiger partial charge >= 0.3 is 0 Å². The van der Waals surface area contributed by atoms with Gasteiger partial charge in [0.1, 0.15) is 5.82 Å². The number of nitrogen functional groups attached to an aromatic ring is 1. The Morgan fingerprint density at radius 3 is 2.24 bits per heavy atom. The summed E-state index contributed by atoms with van der Waals surface area (Å²) < 4.78 is 0. The van der Waals surface area contributed by atoms with Crippen molar-refractivity contribution in [1.82, 2.24) is 4.98 Å². The summed E-state index contributed by atoms with van der Waals surface area (Å²) in [4.78, 5) is 4.23. The quantitative estimate of drug-likeness (QED) is 0.584. The van der Waals surface area contributed by atoms with Gasteiger partial charge in [-0.25, -0.2) is 10.8 Å². The number of nitrogens with one attached hydrogen (secondary N) is 2. The van der Waals surface area contributed by atoms with Crippen LogP contribution in [-0.2, 0) is 0 Å². The molecule has 0 saturated carbocycles. The van der Waals surface area contributed by atoms with Crippen molar-refractivity contribution in [3.8, 4) is 0 Å². The topological polar surface area (TPSA) is 63.0 Å². The van der Waals surface area contributed by atoms with Crippen molar-refractivity contribution < 1.29 is 0 Å². The molecule has 0 fully saturated rings. The second kappa shape index (κ2) is 5.29. The highest BCUT2D eigenvalue weighted by Gasteiger charge is 2.21. The van der Waals surface area contributed by atoms with Gasteiger partial charge in [0.05, 0.1) is 10.0 Å². The van der Waals surface area contributed by atoms with Gasteiger partial charge in [-0.15, -0.1) is 0 Å². The summed E-state index contributed by atoms with van der Waals surface area (Å²) in [7, 11) is 0. The van der Waals surface area contributed by atoms with Gasteiger partial charge in [-0.3, -0.25) is 0 Å². The highest BCUT2D eigenvalue weighted by Crippen LogP contribution is 2.31. The molecule has 1 rings (SSSR count).